The number of carbonyl (C=O) groups excluding carboxylic acids is 1. The predicted octanol–water partition coefficient (Wildman–Crippen LogP) is 6.23. The van der Waals surface area contributed by atoms with Gasteiger partial charge in [-0.2, -0.15) is 0 Å². The van der Waals surface area contributed by atoms with Crippen molar-refractivity contribution in [3.63, 3.8) is 0 Å². The number of hydrogen-bond acceptors (Lipinski definition) is 3. The maximum absolute atomic E-state index is 14.0. The first kappa shape index (κ1) is 23.0. The lowest BCUT2D eigenvalue weighted by Crippen LogP contribution is -2.36. The minimum absolute atomic E-state index is 0.142. The number of fused-ring (bicyclic) bond motifs is 1. The second-order valence-electron chi connectivity index (χ2n) is 9.67. The minimum atomic E-state index is -0.195. The molecule has 1 heterocycles. The van der Waals surface area contributed by atoms with Crippen molar-refractivity contribution in [2.75, 3.05) is 23.9 Å². The Hall–Kier alpha value is -3.14. The highest BCUT2D eigenvalue weighted by atomic mass is 16.2. The van der Waals surface area contributed by atoms with Crippen molar-refractivity contribution >= 4 is 17.3 Å². The molecule has 1 aliphatic carbocycles. The summed E-state index contributed by atoms with van der Waals surface area (Å²) in [4.78, 5) is 22.9. The summed E-state index contributed by atoms with van der Waals surface area (Å²) >= 11 is 0. The Morgan fingerprint density at radius 2 is 1.64 bits per heavy atom. The molecule has 172 valence electrons. The summed E-state index contributed by atoms with van der Waals surface area (Å²) in [6.07, 6.45) is 2.87. The zero-order valence-electron chi connectivity index (χ0n) is 20.5. The Balaban J connectivity index is 1.69. The van der Waals surface area contributed by atoms with Gasteiger partial charge in [-0.05, 0) is 79.1 Å². The lowest BCUT2D eigenvalue weighted by atomic mass is 9.85. The number of carbonyl (C=O) groups is 1. The van der Waals surface area contributed by atoms with E-state index in [4.69, 9.17) is 4.98 Å². The second kappa shape index (κ2) is 9.78. The molecule has 0 radical (unpaired) electrons. The Morgan fingerprint density at radius 1 is 0.970 bits per heavy atom. The van der Waals surface area contributed by atoms with Crippen LogP contribution < -0.4 is 9.80 Å². The van der Waals surface area contributed by atoms with Crippen LogP contribution in [0.25, 0.3) is 0 Å². The highest BCUT2D eigenvalue weighted by molar-refractivity contribution is 5.98. The number of amides is 1. The zero-order chi connectivity index (χ0) is 23.5. The summed E-state index contributed by atoms with van der Waals surface area (Å²) in [5.41, 5.74) is 7.66. The van der Waals surface area contributed by atoms with Gasteiger partial charge < -0.3 is 9.80 Å². The summed E-state index contributed by atoms with van der Waals surface area (Å²) < 4.78 is 0. The molecule has 3 aromatic rings. The second-order valence-corrected chi connectivity index (χ2v) is 9.67. The van der Waals surface area contributed by atoms with E-state index in [1.165, 1.54) is 11.1 Å². The van der Waals surface area contributed by atoms with Crippen LogP contribution >= 0.6 is 0 Å². The van der Waals surface area contributed by atoms with Crippen molar-refractivity contribution in [1.82, 2.24) is 4.98 Å². The largest absolute Gasteiger partial charge is 0.378 e. The standard InChI is InChI=1S/C29H35N3O/c1-20(2)23-13-17-26(18-14-23)32(19-22-10-15-25(16-11-22)31(4)5)29(33)27-8-6-7-24-12-9-21(3)30-28(24)27/h9-18,20,27H,6-8,19H2,1-5H3. The van der Waals surface area contributed by atoms with Crippen LogP contribution in [-0.2, 0) is 17.8 Å². The van der Waals surface area contributed by atoms with Crippen molar-refractivity contribution in [3.8, 4) is 0 Å². The topological polar surface area (TPSA) is 36.4 Å². The highest BCUT2D eigenvalue weighted by Crippen LogP contribution is 2.34. The Kier molecular flexibility index (Phi) is 6.83. The highest BCUT2D eigenvalue weighted by Gasteiger charge is 2.32. The van der Waals surface area contributed by atoms with Gasteiger partial charge in [-0.15, -0.1) is 0 Å². The smallest absolute Gasteiger partial charge is 0.236 e. The number of hydrogen-bond donors (Lipinski definition) is 0. The summed E-state index contributed by atoms with van der Waals surface area (Å²) in [5.74, 6) is 0.404. The van der Waals surface area contributed by atoms with Crippen LogP contribution in [0.15, 0.2) is 60.7 Å². The molecule has 1 amide bonds. The fourth-order valence-electron chi connectivity index (χ4n) is 4.60. The lowest BCUT2D eigenvalue weighted by Gasteiger charge is -2.31. The zero-order valence-corrected chi connectivity index (χ0v) is 20.5. The third-order valence-electron chi connectivity index (χ3n) is 6.65. The van der Waals surface area contributed by atoms with Gasteiger partial charge in [0.05, 0.1) is 18.2 Å². The van der Waals surface area contributed by atoms with Gasteiger partial charge in [-0.25, -0.2) is 0 Å². The van der Waals surface area contributed by atoms with E-state index in [1.807, 2.05) is 25.9 Å². The average molecular weight is 442 g/mol. The van der Waals surface area contributed by atoms with Crippen LogP contribution in [0.4, 0.5) is 11.4 Å². The van der Waals surface area contributed by atoms with Crippen molar-refractivity contribution < 1.29 is 4.79 Å². The van der Waals surface area contributed by atoms with Gasteiger partial charge in [0.15, 0.2) is 0 Å². The molecule has 0 aliphatic heterocycles. The van der Waals surface area contributed by atoms with Gasteiger partial charge in [0.2, 0.25) is 5.91 Å². The molecule has 2 aromatic carbocycles. The van der Waals surface area contributed by atoms with E-state index in [0.717, 1.165) is 47.6 Å². The van der Waals surface area contributed by atoms with E-state index < -0.39 is 0 Å². The Bertz CT molecular complexity index is 1100. The van der Waals surface area contributed by atoms with Gasteiger partial charge in [-0.3, -0.25) is 9.78 Å². The minimum Gasteiger partial charge on any atom is -0.378 e. The molecular formula is C29H35N3O. The molecule has 0 N–H and O–H groups in total. The number of nitrogens with zero attached hydrogens (tertiary/aromatic N) is 3. The average Bonchev–Trinajstić information content (AvgIpc) is 2.82. The van der Waals surface area contributed by atoms with Crippen LogP contribution in [0.3, 0.4) is 0 Å². The van der Waals surface area contributed by atoms with Crippen LogP contribution in [0, 0.1) is 6.92 Å². The molecule has 0 bridgehead atoms. The van der Waals surface area contributed by atoms with Gasteiger partial charge in [-0.1, -0.05) is 44.2 Å². The number of pyridine rings is 1. The van der Waals surface area contributed by atoms with Crippen LogP contribution in [0.2, 0.25) is 0 Å². The van der Waals surface area contributed by atoms with E-state index >= 15 is 0 Å². The molecule has 4 heteroatoms. The Labute approximate surface area is 198 Å². The molecular weight excluding hydrogens is 406 g/mol. The maximum atomic E-state index is 14.0. The van der Waals surface area contributed by atoms with E-state index in [9.17, 15) is 4.79 Å². The fourth-order valence-corrected chi connectivity index (χ4v) is 4.60. The van der Waals surface area contributed by atoms with Gasteiger partial charge in [0.1, 0.15) is 0 Å². The van der Waals surface area contributed by atoms with E-state index in [0.29, 0.717) is 12.5 Å². The van der Waals surface area contributed by atoms with Crippen LogP contribution in [-0.4, -0.2) is 25.0 Å². The number of aryl methyl sites for hydroxylation is 2. The van der Waals surface area contributed by atoms with E-state index in [-0.39, 0.29) is 11.8 Å². The number of aromatic nitrogens is 1. The number of anilines is 2. The molecule has 0 spiro atoms. The molecule has 1 unspecified atom stereocenters. The first-order valence-corrected chi connectivity index (χ1v) is 12.0. The van der Waals surface area contributed by atoms with Crippen molar-refractivity contribution in [3.05, 3.63) is 88.7 Å². The fraction of sp³-hybridized carbons (Fsp3) is 0.379. The molecule has 33 heavy (non-hydrogen) atoms. The normalized spacial score (nSPS) is 15.3. The summed E-state index contributed by atoms with van der Waals surface area (Å²) in [7, 11) is 4.08. The monoisotopic (exact) mass is 441 g/mol. The molecule has 4 nitrogen and oxygen atoms in total. The lowest BCUT2D eigenvalue weighted by molar-refractivity contribution is -0.120. The number of rotatable bonds is 6. The summed E-state index contributed by atoms with van der Waals surface area (Å²) in [6, 6.07) is 21.1. The van der Waals surface area contributed by atoms with Gasteiger partial charge in [0.25, 0.3) is 0 Å². The summed E-state index contributed by atoms with van der Waals surface area (Å²) in [5, 5.41) is 0. The van der Waals surface area contributed by atoms with Crippen LogP contribution in [0.1, 0.15) is 66.6 Å². The predicted molar refractivity (Wildman–Crippen MR) is 137 cm³/mol. The van der Waals surface area contributed by atoms with Crippen molar-refractivity contribution in [1.29, 1.82) is 0 Å². The first-order chi connectivity index (χ1) is 15.8. The van der Waals surface area contributed by atoms with Gasteiger partial charge in [0, 0.05) is 31.2 Å². The molecule has 1 aliphatic rings. The molecule has 0 saturated carbocycles. The van der Waals surface area contributed by atoms with Crippen LogP contribution in [0.5, 0.6) is 0 Å². The molecule has 1 aromatic heterocycles. The first-order valence-electron chi connectivity index (χ1n) is 12.0. The van der Waals surface area contributed by atoms with Crippen molar-refractivity contribution in [2.45, 2.75) is 58.4 Å². The quantitative estimate of drug-likeness (QED) is 0.455. The number of benzene rings is 2. The molecule has 0 fully saturated rings. The maximum Gasteiger partial charge on any atom is 0.236 e. The summed E-state index contributed by atoms with van der Waals surface area (Å²) in [6.45, 7) is 6.94. The van der Waals surface area contributed by atoms with Crippen molar-refractivity contribution in [2.24, 2.45) is 0 Å². The third-order valence-corrected chi connectivity index (χ3v) is 6.65. The van der Waals surface area contributed by atoms with Gasteiger partial charge >= 0.3 is 0 Å². The molecule has 4 rings (SSSR count). The van der Waals surface area contributed by atoms with E-state index in [1.54, 1.807) is 0 Å². The molecule has 0 saturated heterocycles. The SMILES string of the molecule is Cc1ccc2c(n1)C(C(=O)N(Cc1ccc(N(C)C)cc1)c1ccc(C(C)C)cc1)CCC2. The Morgan fingerprint density at radius 3 is 2.27 bits per heavy atom. The molecule has 1 atom stereocenters. The van der Waals surface area contributed by atoms with E-state index in [2.05, 4.69) is 79.4 Å². The third kappa shape index (κ3) is 5.11.